The topological polar surface area (TPSA) is 75.7 Å². The third-order valence-corrected chi connectivity index (χ3v) is 6.53. The molecule has 1 aliphatic heterocycles. The minimum atomic E-state index is -3.75. The maximum atomic E-state index is 13.0. The summed E-state index contributed by atoms with van der Waals surface area (Å²) in [6.07, 6.45) is 0.778. The van der Waals surface area contributed by atoms with E-state index in [4.69, 9.17) is 4.74 Å². The van der Waals surface area contributed by atoms with Gasteiger partial charge in [0.25, 0.3) is 10.0 Å². The normalized spacial score (nSPS) is 16.0. The van der Waals surface area contributed by atoms with E-state index in [2.05, 4.69) is 4.72 Å². The van der Waals surface area contributed by atoms with Gasteiger partial charge in [-0.25, -0.2) is 8.42 Å². The van der Waals surface area contributed by atoms with Gasteiger partial charge in [-0.05, 0) is 75.6 Å². The van der Waals surface area contributed by atoms with Gasteiger partial charge in [0.15, 0.2) is 0 Å². The van der Waals surface area contributed by atoms with Crippen molar-refractivity contribution in [2.75, 3.05) is 22.8 Å². The number of benzene rings is 2. The Kier molecular flexibility index (Phi) is 5.63. The van der Waals surface area contributed by atoms with E-state index >= 15 is 0 Å². The molecule has 7 heteroatoms. The highest BCUT2D eigenvalue weighted by Crippen LogP contribution is 2.38. The lowest BCUT2D eigenvalue weighted by Crippen LogP contribution is -2.42. The second kappa shape index (κ2) is 7.71. The van der Waals surface area contributed by atoms with Crippen LogP contribution in [-0.2, 0) is 14.8 Å². The molecule has 1 aliphatic rings. The van der Waals surface area contributed by atoms with Crippen molar-refractivity contribution in [3.8, 4) is 5.75 Å². The van der Waals surface area contributed by atoms with Crippen LogP contribution in [0.5, 0.6) is 5.75 Å². The summed E-state index contributed by atoms with van der Waals surface area (Å²) in [6.45, 7) is 10.3. The van der Waals surface area contributed by atoms with Crippen molar-refractivity contribution in [2.45, 2.75) is 45.9 Å². The van der Waals surface area contributed by atoms with Crippen LogP contribution in [0.3, 0.4) is 0 Å². The summed E-state index contributed by atoms with van der Waals surface area (Å²) in [5.41, 5.74) is 2.25. The molecule has 1 heterocycles. The number of rotatable bonds is 5. The van der Waals surface area contributed by atoms with Crippen LogP contribution < -0.4 is 14.4 Å². The van der Waals surface area contributed by atoms with Crippen molar-refractivity contribution < 1.29 is 17.9 Å². The van der Waals surface area contributed by atoms with Gasteiger partial charge in [-0.1, -0.05) is 13.0 Å². The minimum Gasteiger partial charge on any atom is -0.490 e. The summed E-state index contributed by atoms with van der Waals surface area (Å²) in [5.74, 6) is 0.541. The Morgan fingerprint density at radius 3 is 2.48 bits per heavy atom. The molecule has 29 heavy (non-hydrogen) atoms. The molecule has 1 amide bonds. The molecule has 2 aromatic rings. The van der Waals surface area contributed by atoms with E-state index in [-0.39, 0.29) is 17.4 Å². The van der Waals surface area contributed by atoms with Crippen molar-refractivity contribution in [3.63, 3.8) is 0 Å². The van der Waals surface area contributed by atoms with Crippen LogP contribution in [0.1, 0.15) is 38.3 Å². The van der Waals surface area contributed by atoms with E-state index in [1.54, 1.807) is 41.3 Å². The van der Waals surface area contributed by atoms with E-state index in [0.717, 1.165) is 17.5 Å². The summed E-state index contributed by atoms with van der Waals surface area (Å²) in [7, 11) is -3.75. The highest BCUT2D eigenvalue weighted by molar-refractivity contribution is 7.92. The molecular formula is C22H28N2O4S. The Hall–Kier alpha value is -2.54. The van der Waals surface area contributed by atoms with Crippen molar-refractivity contribution in [1.82, 2.24) is 0 Å². The fourth-order valence-corrected chi connectivity index (χ4v) is 4.38. The zero-order valence-electron chi connectivity index (χ0n) is 17.6. The standard InChI is InChI=1S/C22H28N2O4S/c1-6-11-24-19-13-17(8-10-20(19)28-14-22(4,5)21(24)25)23-29(26,27)18-9-7-15(2)16(3)12-18/h7-10,12-13,23H,6,11,14H2,1-5H3. The largest absolute Gasteiger partial charge is 0.490 e. The van der Waals surface area contributed by atoms with Crippen LogP contribution in [0.4, 0.5) is 11.4 Å². The Morgan fingerprint density at radius 2 is 1.83 bits per heavy atom. The average Bonchev–Trinajstić information content (AvgIpc) is 2.74. The predicted octanol–water partition coefficient (Wildman–Crippen LogP) is 4.27. The smallest absolute Gasteiger partial charge is 0.261 e. The van der Waals surface area contributed by atoms with Gasteiger partial charge in [-0.15, -0.1) is 0 Å². The van der Waals surface area contributed by atoms with Gasteiger partial charge in [0.2, 0.25) is 5.91 Å². The Morgan fingerprint density at radius 1 is 1.10 bits per heavy atom. The fourth-order valence-electron chi connectivity index (χ4n) is 3.25. The predicted molar refractivity (Wildman–Crippen MR) is 115 cm³/mol. The van der Waals surface area contributed by atoms with E-state index in [0.29, 0.717) is 23.7 Å². The molecule has 3 rings (SSSR count). The number of hydrogen-bond acceptors (Lipinski definition) is 4. The van der Waals surface area contributed by atoms with Crippen LogP contribution >= 0.6 is 0 Å². The van der Waals surface area contributed by atoms with Crippen LogP contribution in [0.2, 0.25) is 0 Å². The summed E-state index contributed by atoms with van der Waals surface area (Å²) >= 11 is 0. The molecule has 2 aromatic carbocycles. The number of sulfonamides is 1. The number of ether oxygens (including phenoxy) is 1. The lowest BCUT2D eigenvalue weighted by atomic mass is 9.93. The molecule has 0 fully saturated rings. The number of anilines is 2. The molecule has 0 spiro atoms. The Bertz CT molecular complexity index is 1040. The molecule has 1 N–H and O–H groups in total. The SMILES string of the molecule is CCCN1C(=O)C(C)(C)COc2ccc(NS(=O)(=O)c3ccc(C)c(C)c3)cc21. The number of aryl methyl sites for hydroxylation is 2. The highest BCUT2D eigenvalue weighted by Gasteiger charge is 2.37. The molecule has 0 saturated heterocycles. The third kappa shape index (κ3) is 4.24. The first kappa shape index (κ1) is 21.2. The molecular weight excluding hydrogens is 388 g/mol. The van der Waals surface area contributed by atoms with E-state index in [9.17, 15) is 13.2 Å². The number of nitrogens with one attached hydrogen (secondary N) is 1. The summed E-state index contributed by atoms with van der Waals surface area (Å²) in [5, 5.41) is 0. The molecule has 0 aliphatic carbocycles. The number of hydrogen-bond donors (Lipinski definition) is 1. The van der Waals surface area contributed by atoms with Gasteiger partial charge >= 0.3 is 0 Å². The van der Waals surface area contributed by atoms with Crippen molar-refractivity contribution in [2.24, 2.45) is 5.41 Å². The van der Waals surface area contributed by atoms with Gasteiger partial charge < -0.3 is 9.64 Å². The zero-order chi connectivity index (χ0) is 21.4. The molecule has 0 radical (unpaired) electrons. The second-order valence-electron chi connectivity index (χ2n) is 8.16. The Balaban J connectivity index is 1.98. The molecule has 0 bridgehead atoms. The average molecular weight is 417 g/mol. The van der Waals surface area contributed by atoms with Crippen LogP contribution in [0.15, 0.2) is 41.3 Å². The van der Waals surface area contributed by atoms with Crippen LogP contribution in [0, 0.1) is 19.3 Å². The molecule has 156 valence electrons. The first-order valence-electron chi connectivity index (χ1n) is 9.74. The summed E-state index contributed by atoms with van der Waals surface area (Å²) in [4.78, 5) is 14.9. The van der Waals surface area contributed by atoms with Crippen molar-refractivity contribution in [1.29, 1.82) is 0 Å². The molecule has 0 unspecified atom stereocenters. The molecule has 0 aromatic heterocycles. The minimum absolute atomic E-state index is 0.0349. The van der Waals surface area contributed by atoms with E-state index in [1.165, 1.54) is 0 Å². The van der Waals surface area contributed by atoms with Crippen molar-refractivity contribution in [3.05, 3.63) is 47.5 Å². The molecule has 6 nitrogen and oxygen atoms in total. The number of amides is 1. The highest BCUT2D eigenvalue weighted by atomic mass is 32.2. The van der Waals surface area contributed by atoms with Gasteiger partial charge in [0, 0.05) is 6.54 Å². The van der Waals surface area contributed by atoms with E-state index < -0.39 is 15.4 Å². The first-order valence-corrected chi connectivity index (χ1v) is 11.2. The molecule has 0 saturated carbocycles. The zero-order valence-corrected chi connectivity index (χ0v) is 18.4. The maximum Gasteiger partial charge on any atom is 0.261 e. The lowest BCUT2D eigenvalue weighted by molar-refractivity contribution is -0.127. The summed E-state index contributed by atoms with van der Waals surface area (Å²) < 4.78 is 34.2. The third-order valence-electron chi connectivity index (χ3n) is 5.15. The van der Waals surface area contributed by atoms with Gasteiger partial charge in [0.1, 0.15) is 12.4 Å². The monoisotopic (exact) mass is 416 g/mol. The number of fused-ring (bicyclic) bond motifs is 1. The summed E-state index contributed by atoms with van der Waals surface area (Å²) in [6, 6.07) is 10.1. The molecule has 0 atom stereocenters. The van der Waals surface area contributed by atoms with Gasteiger partial charge in [0.05, 0.1) is 21.7 Å². The first-order chi connectivity index (χ1) is 13.5. The number of carbonyl (C=O) groups is 1. The number of nitrogens with zero attached hydrogens (tertiary/aromatic N) is 1. The quantitative estimate of drug-likeness (QED) is 0.790. The van der Waals surface area contributed by atoms with Crippen LogP contribution in [-0.4, -0.2) is 27.5 Å². The number of carbonyl (C=O) groups excluding carboxylic acids is 1. The van der Waals surface area contributed by atoms with E-state index in [1.807, 2.05) is 34.6 Å². The fraction of sp³-hybridized carbons (Fsp3) is 0.409. The van der Waals surface area contributed by atoms with Crippen LogP contribution in [0.25, 0.3) is 0 Å². The van der Waals surface area contributed by atoms with Gasteiger partial charge in [-0.3, -0.25) is 9.52 Å². The lowest BCUT2D eigenvalue weighted by Gasteiger charge is -2.28. The second-order valence-corrected chi connectivity index (χ2v) is 9.85. The van der Waals surface area contributed by atoms with Gasteiger partial charge in [-0.2, -0.15) is 0 Å². The Labute approximate surface area is 172 Å². The maximum absolute atomic E-state index is 13.0. The van der Waals surface area contributed by atoms with Crippen molar-refractivity contribution >= 4 is 27.3 Å².